The second kappa shape index (κ2) is 5.98. The summed E-state index contributed by atoms with van der Waals surface area (Å²) < 4.78 is 4.72. The van der Waals surface area contributed by atoms with Crippen LogP contribution in [0.3, 0.4) is 0 Å². The Bertz CT molecular complexity index is 175. The molecule has 1 atom stereocenters. The predicted molar refractivity (Wildman–Crippen MR) is 55.0 cm³/mol. The van der Waals surface area contributed by atoms with Gasteiger partial charge in [-0.3, -0.25) is 4.79 Å². The lowest BCUT2D eigenvalue weighted by molar-refractivity contribution is -0.126. The highest BCUT2D eigenvalue weighted by Gasteiger charge is 2.25. The van der Waals surface area contributed by atoms with Crippen molar-refractivity contribution in [3.05, 3.63) is 0 Å². The van der Waals surface area contributed by atoms with Gasteiger partial charge in [-0.2, -0.15) is 0 Å². The highest BCUT2D eigenvalue weighted by molar-refractivity contribution is 5.77. The van der Waals surface area contributed by atoms with Crippen LogP contribution in [0.2, 0.25) is 0 Å². The lowest BCUT2D eigenvalue weighted by Crippen LogP contribution is -2.45. The summed E-state index contributed by atoms with van der Waals surface area (Å²) in [6.45, 7) is 6.23. The molecule has 1 amide bonds. The number of methoxy groups -OCH3 is 1. The Morgan fingerprint density at radius 1 is 1.50 bits per heavy atom. The number of aliphatic hydroxyl groups excluding tert-OH is 1. The summed E-state index contributed by atoms with van der Waals surface area (Å²) in [5, 5.41) is 11.7. The van der Waals surface area contributed by atoms with Crippen LogP contribution in [-0.4, -0.2) is 37.4 Å². The topological polar surface area (TPSA) is 58.6 Å². The molecule has 2 N–H and O–H groups in total. The van der Waals surface area contributed by atoms with Crippen molar-refractivity contribution in [1.82, 2.24) is 5.32 Å². The molecular weight excluding hydrogens is 182 g/mol. The normalized spacial score (nSPS) is 13.8. The molecule has 0 saturated heterocycles. The van der Waals surface area contributed by atoms with Gasteiger partial charge in [0, 0.05) is 19.8 Å². The summed E-state index contributed by atoms with van der Waals surface area (Å²) in [5.74, 6) is -0.138. The van der Waals surface area contributed by atoms with E-state index in [0.717, 1.165) is 0 Å². The quantitative estimate of drug-likeness (QED) is 0.686. The molecule has 4 heteroatoms. The van der Waals surface area contributed by atoms with E-state index in [4.69, 9.17) is 9.84 Å². The maximum absolute atomic E-state index is 11.3. The van der Waals surface area contributed by atoms with E-state index >= 15 is 0 Å². The molecule has 0 rings (SSSR count). The third-order valence-electron chi connectivity index (χ3n) is 2.07. The van der Waals surface area contributed by atoms with Crippen molar-refractivity contribution in [2.75, 3.05) is 20.3 Å². The molecule has 0 saturated carbocycles. The van der Waals surface area contributed by atoms with E-state index < -0.39 is 0 Å². The van der Waals surface area contributed by atoms with E-state index in [9.17, 15) is 4.79 Å². The first-order valence-corrected chi connectivity index (χ1v) is 4.81. The van der Waals surface area contributed by atoms with Gasteiger partial charge in [0.1, 0.15) is 6.61 Å². The number of carbonyl (C=O) groups excluding carboxylic acids is 1. The first-order valence-electron chi connectivity index (χ1n) is 4.81. The Hall–Kier alpha value is -0.610. The van der Waals surface area contributed by atoms with Gasteiger partial charge in [-0.05, 0) is 11.8 Å². The minimum Gasteiger partial charge on any atom is -0.396 e. The Kier molecular flexibility index (Phi) is 5.72. The van der Waals surface area contributed by atoms with Crippen molar-refractivity contribution in [3.8, 4) is 0 Å². The minimum atomic E-state index is -0.138. The molecule has 0 aromatic heterocycles. The monoisotopic (exact) mass is 203 g/mol. The van der Waals surface area contributed by atoms with Gasteiger partial charge < -0.3 is 15.2 Å². The summed E-state index contributed by atoms with van der Waals surface area (Å²) in [7, 11) is 1.48. The van der Waals surface area contributed by atoms with Gasteiger partial charge >= 0.3 is 0 Å². The summed E-state index contributed by atoms with van der Waals surface area (Å²) in [6, 6.07) is -0.0184. The van der Waals surface area contributed by atoms with Crippen LogP contribution in [0.1, 0.15) is 27.2 Å². The highest BCUT2D eigenvalue weighted by atomic mass is 16.5. The van der Waals surface area contributed by atoms with Gasteiger partial charge in [0.25, 0.3) is 0 Å². The van der Waals surface area contributed by atoms with E-state index in [1.165, 1.54) is 7.11 Å². The average molecular weight is 203 g/mol. The van der Waals surface area contributed by atoms with Crippen LogP contribution < -0.4 is 5.32 Å². The number of rotatable bonds is 5. The number of hydrogen-bond donors (Lipinski definition) is 2. The third kappa shape index (κ3) is 5.19. The second-order valence-corrected chi connectivity index (χ2v) is 4.43. The van der Waals surface area contributed by atoms with Gasteiger partial charge in [-0.1, -0.05) is 20.8 Å². The molecule has 0 aliphatic rings. The molecule has 0 bridgehead atoms. The number of hydrogen-bond acceptors (Lipinski definition) is 3. The van der Waals surface area contributed by atoms with Crippen LogP contribution in [0.25, 0.3) is 0 Å². The zero-order valence-corrected chi connectivity index (χ0v) is 9.46. The van der Waals surface area contributed by atoms with Crippen molar-refractivity contribution in [2.45, 2.75) is 33.2 Å². The van der Waals surface area contributed by atoms with Gasteiger partial charge in [0.05, 0.1) is 0 Å². The Balaban J connectivity index is 4.16. The number of ether oxygens (including phenoxy) is 1. The number of carbonyl (C=O) groups is 1. The Morgan fingerprint density at radius 2 is 2.07 bits per heavy atom. The van der Waals surface area contributed by atoms with Crippen molar-refractivity contribution in [2.24, 2.45) is 5.41 Å². The fraction of sp³-hybridized carbons (Fsp3) is 0.900. The Morgan fingerprint density at radius 3 is 2.43 bits per heavy atom. The zero-order valence-electron chi connectivity index (χ0n) is 9.46. The molecule has 0 aliphatic carbocycles. The van der Waals surface area contributed by atoms with Crippen LogP contribution >= 0.6 is 0 Å². The fourth-order valence-corrected chi connectivity index (χ4v) is 1.22. The van der Waals surface area contributed by atoms with Crippen molar-refractivity contribution < 1.29 is 14.6 Å². The van der Waals surface area contributed by atoms with E-state index in [1.54, 1.807) is 0 Å². The standard InChI is InChI=1S/C10H21NO3/c1-10(2,3)8(5-6-12)11-9(13)7-14-4/h8,12H,5-7H2,1-4H3,(H,11,13). The summed E-state index contributed by atoms with van der Waals surface area (Å²) >= 11 is 0. The molecular formula is C10H21NO3. The predicted octanol–water partition coefficient (Wildman–Crippen LogP) is 0.546. The molecule has 0 radical (unpaired) electrons. The van der Waals surface area contributed by atoms with E-state index in [0.29, 0.717) is 6.42 Å². The van der Waals surface area contributed by atoms with E-state index in [2.05, 4.69) is 5.32 Å². The minimum absolute atomic E-state index is 0.0184. The van der Waals surface area contributed by atoms with Crippen LogP contribution in [0.4, 0.5) is 0 Å². The van der Waals surface area contributed by atoms with Crippen LogP contribution in [0.5, 0.6) is 0 Å². The molecule has 0 spiro atoms. The largest absolute Gasteiger partial charge is 0.396 e. The molecule has 0 heterocycles. The van der Waals surface area contributed by atoms with Gasteiger partial charge in [0.15, 0.2) is 0 Å². The SMILES string of the molecule is COCC(=O)NC(CCO)C(C)(C)C. The smallest absolute Gasteiger partial charge is 0.246 e. The van der Waals surface area contributed by atoms with Crippen molar-refractivity contribution in [1.29, 1.82) is 0 Å². The lowest BCUT2D eigenvalue weighted by Gasteiger charge is -2.31. The molecule has 4 nitrogen and oxygen atoms in total. The summed E-state index contributed by atoms with van der Waals surface area (Å²) in [4.78, 5) is 11.3. The first-order chi connectivity index (χ1) is 6.41. The number of amides is 1. The van der Waals surface area contributed by atoms with Crippen LogP contribution in [0.15, 0.2) is 0 Å². The molecule has 14 heavy (non-hydrogen) atoms. The van der Waals surface area contributed by atoms with Gasteiger partial charge in [-0.25, -0.2) is 0 Å². The molecule has 0 fully saturated rings. The number of aliphatic hydroxyl groups is 1. The maximum Gasteiger partial charge on any atom is 0.246 e. The molecule has 0 aliphatic heterocycles. The summed E-state index contributed by atoms with van der Waals surface area (Å²) in [5.41, 5.74) is -0.0495. The maximum atomic E-state index is 11.3. The molecule has 0 aromatic rings. The molecule has 0 aromatic carbocycles. The summed E-state index contributed by atoms with van der Waals surface area (Å²) in [6.07, 6.45) is 0.568. The first kappa shape index (κ1) is 13.4. The molecule has 84 valence electrons. The zero-order chi connectivity index (χ0) is 11.2. The van der Waals surface area contributed by atoms with Crippen molar-refractivity contribution >= 4 is 5.91 Å². The average Bonchev–Trinajstić information content (AvgIpc) is 2.02. The van der Waals surface area contributed by atoms with Crippen LogP contribution in [-0.2, 0) is 9.53 Å². The lowest BCUT2D eigenvalue weighted by atomic mass is 9.85. The Labute approximate surface area is 85.6 Å². The third-order valence-corrected chi connectivity index (χ3v) is 2.07. The van der Waals surface area contributed by atoms with Gasteiger partial charge in [0.2, 0.25) is 5.91 Å². The second-order valence-electron chi connectivity index (χ2n) is 4.43. The fourth-order valence-electron chi connectivity index (χ4n) is 1.22. The molecule has 1 unspecified atom stereocenters. The van der Waals surface area contributed by atoms with Gasteiger partial charge in [-0.15, -0.1) is 0 Å². The van der Waals surface area contributed by atoms with Crippen LogP contribution in [0, 0.1) is 5.41 Å². The van der Waals surface area contributed by atoms with E-state index in [-0.39, 0.29) is 30.6 Å². The van der Waals surface area contributed by atoms with E-state index in [1.807, 2.05) is 20.8 Å². The van der Waals surface area contributed by atoms with Crippen molar-refractivity contribution in [3.63, 3.8) is 0 Å². The number of nitrogens with one attached hydrogen (secondary N) is 1. The highest BCUT2D eigenvalue weighted by Crippen LogP contribution is 2.21.